The van der Waals surface area contributed by atoms with Crippen molar-refractivity contribution in [1.82, 2.24) is 4.90 Å². The van der Waals surface area contributed by atoms with Crippen LogP contribution in [0.2, 0.25) is 0 Å². The zero-order chi connectivity index (χ0) is 19.4. The van der Waals surface area contributed by atoms with Gasteiger partial charge in [-0.3, -0.25) is 4.79 Å². The summed E-state index contributed by atoms with van der Waals surface area (Å²) in [6.07, 6.45) is -5.36. The minimum Gasteiger partial charge on any atom is -0.493 e. The second kappa shape index (κ2) is 7.87. The lowest BCUT2D eigenvalue weighted by Gasteiger charge is -2.25. The van der Waals surface area contributed by atoms with Crippen molar-refractivity contribution in [2.45, 2.75) is 26.1 Å². The minimum absolute atomic E-state index is 0.0691. The summed E-state index contributed by atoms with van der Waals surface area (Å²) in [4.78, 5) is 13.8. The summed E-state index contributed by atoms with van der Waals surface area (Å²) in [5.74, 6) is 0.106. The molecule has 1 fully saturated rings. The van der Waals surface area contributed by atoms with Crippen molar-refractivity contribution in [3.8, 4) is 11.5 Å². The lowest BCUT2D eigenvalue weighted by molar-refractivity contribution is -0.274. The van der Waals surface area contributed by atoms with Crippen molar-refractivity contribution >= 4 is 5.91 Å². The molecule has 5 nitrogen and oxygen atoms in total. The Morgan fingerprint density at radius 2 is 1.85 bits per heavy atom. The maximum absolute atomic E-state index is 12.3. The van der Waals surface area contributed by atoms with E-state index in [2.05, 4.69) is 4.74 Å². The Labute approximate surface area is 154 Å². The molecule has 1 amide bonds. The van der Waals surface area contributed by atoms with Gasteiger partial charge in [0.2, 0.25) is 0 Å². The smallest absolute Gasteiger partial charge is 0.493 e. The Morgan fingerprint density at radius 3 is 2.52 bits per heavy atom. The van der Waals surface area contributed by atoms with Gasteiger partial charge in [-0.2, -0.15) is 0 Å². The van der Waals surface area contributed by atoms with E-state index in [0.29, 0.717) is 17.9 Å². The first-order valence-corrected chi connectivity index (χ1v) is 8.35. The van der Waals surface area contributed by atoms with Crippen LogP contribution in [-0.2, 0) is 16.1 Å². The molecule has 3 rings (SSSR count). The predicted molar refractivity (Wildman–Crippen MR) is 90.0 cm³/mol. The minimum atomic E-state index is -4.74. The third kappa shape index (κ3) is 4.71. The average molecular weight is 381 g/mol. The van der Waals surface area contributed by atoms with E-state index in [1.54, 1.807) is 6.07 Å². The molecule has 144 valence electrons. The topological polar surface area (TPSA) is 48.0 Å². The van der Waals surface area contributed by atoms with Crippen molar-refractivity contribution in [2.24, 2.45) is 0 Å². The molecule has 0 aromatic heterocycles. The fraction of sp³-hybridized carbons (Fsp3) is 0.316. The molecule has 0 aliphatic carbocycles. The summed E-state index contributed by atoms with van der Waals surface area (Å²) in [5, 5.41) is 0. The summed E-state index contributed by atoms with van der Waals surface area (Å²) in [6.45, 7) is 2.45. The van der Waals surface area contributed by atoms with E-state index in [1.165, 1.54) is 29.2 Å². The number of halogens is 3. The van der Waals surface area contributed by atoms with E-state index in [0.717, 1.165) is 5.56 Å². The molecule has 8 heteroatoms. The molecule has 27 heavy (non-hydrogen) atoms. The van der Waals surface area contributed by atoms with Gasteiger partial charge < -0.3 is 19.1 Å². The van der Waals surface area contributed by atoms with Gasteiger partial charge in [-0.1, -0.05) is 30.3 Å². The number of hydrogen-bond acceptors (Lipinski definition) is 4. The zero-order valence-corrected chi connectivity index (χ0v) is 14.5. The van der Waals surface area contributed by atoms with Gasteiger partial charge in [0.25, 0.3) is 5.91 Å². The third-order valence-corrected chi connectivity index (χ3v) is 3.96. The lowest BCUT2D eigenvalue weighted by atomic mass is 10.1. The predicted octanol–water partition coefficient (Wildman–Crippen LogP) is 4.04. The molecular formula is C19H18F3NO4. The van der Waals surface area contributed by atoms with E-state index < -0.39 is 12.6 Å². The van der Waals surface area contributed by atoms with E-state index in [1.807, 2.05) is 25.1 Å². The standard InChI is InChI=1S/C19H18F3NO4/c1-2-25-16-6-4-3-5-15(16)18-23(17(24)12-26-18)11-13-7-9-14(10-8-13)27-19(20,21)22/h3-10,18H,2,11-12H2,1H3. The highest BCUT2D eigenvalue weighted by atomic mass is 19.4. The van der Waals surface area contributed by atoms with Crippen LogP contribution in [0.5, 0.6) is 11.5 Å². The summed E-state index contributed by atoms with van der Waals surface area (Å²) < 4.78 is 51.9. The van der Waals surface area contributed by atoms with Gasteiger partial charge in [0.05, 0.1) is 6.61 Å². The van der Waals surface area contributed by atoms with Crippen LogP contribution in [0.1, 0.15) is 24.3 Å². The second-order valence-electron chi connectivity index (χ2n) is 5.85. The summed E-state index contributed by atoms with van der Waals surface area (Å²) in [7, 11) is 0. The van der Waals surface area contributed by atoms with Crippen molar-refractivity contribution in [2.75, 3.05) is 13.2 Å². The molecule has 0 radical (unpaired) electrons. The summed E-state index contributed by atoms with van der Waals surface area (Å²) in [5.41, 5.74) is 1.38. The Balaban J connectivity index is 1.78. The molecule has 0 saturated carbocycles. The summed E-state index contributed by atoms with van der Waals surface area (Å²) in [6, 6.07) is 12.7. The fourth-order valence-electron chi connectivity index (χ4n) is 2.85. The number of ether oxygens (including phenoxy) is 3. The number of rotatable bonds is 6. The largest absolute Gasteiger partial charge is 0.573 e. The first-order chi connectivity index (χ1) is 12.9. The zero-order valence-electron chi connectivity index (χ0n) is 14.5. The molecule has 2 aromatic rings. The van der Waals surface area contributed by atoms with E-state index in [-0.39, 0.29) is 24.8 Å². The number of alkyl halides is 3. The monoisotopic (exact) mass is 381 g/mol. The molecule has 1 atom stereocenters. The van der Waals surface area contributed by atoms with Gasteiger partial charge in [0, 0.05) is 12.1 Å². The number of carbonyl (C=O) groups excluding carboxylic acids is 1. The summed E-state index contributed by atoms with van der Waals surface area (Å²) >= 11 is 0. The van der Waals surface area contributed by atoms with Crippen molar-refractivity contribution in [1.29, 1.82) is 0 Å². The van der Waals surface area contributed by atoms with E-state index in [9.17, 15) is 18.0 Å². The average Bonchev–Trinajstić information content (AvgIpc) is 2.97. The molecule has 1 aliphatic rings. The van der Waals surface area contributed by atoms with Crippen LogP contribution in [0.25, 0.3) is 0 Å². The number of hydrogen-bond donors (Lipinski definition) is 0. The molecular weight excluding hydrogens is 363 g/mol. The number of amides is 1. The van der Waals surface area contributed by atoms with Gasteiger partial charge in [-0.05, 0) is 30.7 Å². The highest BCUT2D eigenvalue weighted by Crippen LogP contribution is 2.35. The molecule has 1 unspecified atom stereocenters. The third-order valence-electron chi connectivity index (χ3n) is 3.96. The first kappa shape index (κ1) is 19.0. The normalized spacial score (nSPS) is 17.3. The van der Waals surface area contributed by atoms with E-state index >= 15 is 0 Å². The maximum Gasteiger partial charge on any atom is 0.573 e. The van der Waals surface area contributed by atoms with Crippen LogP contribution in [0.15, 0.2) is 48.5 Å². The number of para-hydroxylation sites is 1. The molecule has 0 N–H and O–H groups in total. The van der Waals surface area contributed by atoms with Gasteiger partial charge in [-0.15, -0.1) is 13.2 Å². The number of benzene rings is 2. The Bertz CT molecular complexity index is 792. The SMILES string of the molecule is CCOc1ccccc1C1OCC(=O)N1Cc1ccc(OC(F)(F)F)cc1. The first-order valence-electron chi connectivity index (χ1n) is 8.35. The molecule has 1 saturated heterocycles. The quantitative estimate of drug-likeness (QED) is 0.758. The number of carbonyl (C=O) groups is 1. The Morgan fingerprint density at radius 1 is 1.15 bits per heavy atom. The highest BCUT2D eigenvalue weighted by molar-refractivity contribution is 5.79. The molecule has 1 aliphatic heterocycles. The number of nitrogens with zero attached hydrogens (tertiary/aromatic N) is 1. The van der Waals surface area contributed by atoms with Gasteiger partial charge >= 0.3 is 6.36 Å². The van der Waals surface area contributed by atoms with Gasteiger partial charge in [-0.25, -0.2) is 0 Å². The van der Waals surface area contributed by atoms with Gasteiger partial charge in [0.1, 0.15) is 18.1 Å². The van der Waals surface area contributed by atoms with Crippen LogP contribution in [0.4, 0.5) is 13.2 Å². The molecule has 2 aromatic carbocycles. The maximum atomic E-state index is 12.3. The van der Waals surface area contributed by atoms with Crippen LogP contribution in [-0.4, -0.2) is 30.4 Å². The van der Waals surface area contributed by atoms with Crippen molar-refractivity contribution in [3.63, 3.8) is 0 Å². The van der Waals surface area contributed by atoms with Crippen LogP contribution in [0.3, 0.4) is 0 Å². The van der Waals surface area contributed by atoms with Crippen molar-refractivity contribution < 1.29 is 32.2 Å². The molecule has 1 heterocycles. The Kier molecular flexibility index (Phi) is 5.55. The molecule has 0 spiro atoms. The fourth-order valence-corrected chi connectivity index (χ4v) is 2.85. The van der Waals surface area contributed by atoms with E-state index in [4.69, 9.17) is 9.47 Å². The van der Waals surface area contributed by atoms with Crippen LogP contribution >= 0.6 is 0 Å². The van der Waals surface area contributed by atoms with Crippen LogP contribution in [0, 0.1) is 0 Å². The van der Waals surface area contributed by atoms with Crippen LogP contribution < -0.4 is 9.47 Å². The lowest BCUT2D eigenvalue weighted by Crippen LogP contribution is -2.28. The van der Waals surface area contributed by atoms with Crippen molar-refractivity contribution in [3.05, 3.63) is 59.7 Å². The molecule has 0 bridgehead atoms. The Hall–Kier alpha value is -2.74. The van der Waals surface area contributed by atoms with Gasteiger partial charge in [0.15, 0.2) is 6.23 Å². The second-order valence-corrected chi connectivity index (χ2v) is 5.85. The highest BCUT2D eigenvalue weighted by Gasteiger charge is 2.35.